The van der Waals surface area contributed by atoms with Gasteiger partial charge in [-0.15, -0.1) is 0 Å². The minimum atomic E-state index is -0.894. The van der Waals surface area contributed by atoms with Crippen LogP contribution in [0.5, 0.6) is 0 Å². The lowest BCUT2D eigenvalue weighted by molar-refractivity contribution is -0.134. The van der Waals surface area contributed by atoms with Crippen LogP contribution in [0.2, 0.25) is 0 Å². The molecule has 2 aliphatic rings. The second-order valence-corrected chi connectivity index (χ2v) is 4.98. The third-order valence-corrected chi connectivity index (χ3v) is 3.81. The van der Waals surface area contributed by atoms with Crippen LogP contribution in [0.25, 0.3) is 0 Å². The zero-order valence-electron chi connectivity index (χ0n) is 10.2. The molecule has 17 heavy (non-hydrogen) atoms. The molecule has 5 nitrogen and oxygen atoms in total. The van der Waals surface area contributed by atoms with Crippen molar-refractivity contribution >= 4 is 11.8 Å². The number of nitrogens with zero attached hydrogens (tertiary/aromatic N) is 1. The third kappa shape index (κ3) is 2.60. The normalized spacial score (nSPS) is 26.8. The first-order chi connectivity index (χ1) is 8.11. The molecule has 0 aromatic rings. The Hall–Kier alpha value is -1.10. The molecular formula is C12H20N2O3. The van der Waals surface area contributed by atoms with Crippen molar-refractivity contribution in [1.29, 1.82) is 0 Å². The van der Waals surface area contributed by atoms with E-state index in [1.807, 2.05) is 6.92 Å². The second-order valence-electron chi connectivity index (χ2n) is 4.98. The van der Waals surface area contributed by atoms with Gasteiger partial charge in [-0.25, -0.2) is 0 Å². The maximum Gasteiger partial charge on any atom is 0.249 e. The maximum absolute atomic E-state index is 11.7. The molecule has 0 bridgehead atoms. The van der Waals surface area contributed by atoms with Crippen molar-refractivity contribution in [2.45, 2.75) is 44.8 Å². The van der Waals surface area contributed by atoms with Crippen molar-refractivity contribution in [3.05, 3.63) is 0 Å². The van der Waals surface area contributed by atoms with Crippen LogP contribution in [0.3, 0.4) is 0 Å². The lowest BCUT2D eigenvalue weighted by Crippen LogP contribution is -2.46. The van der Waals surface area contributed by atoms with E-state index >= 15 is 0 Å². The molecule has 1 aliphatic carbocycles. The van der Waals surface area contributed by atoms with Gasteiger partial charge in [0.2, 0.25) is 11.8 Å². The van der Waals surface area contributed by atoms with Crippen LogP contribution in [0.15, 0.2) is 0 Å². The van der Waals surface area contributed by atoms with E-state index in [0.717, 1.165) is 19.3 Å². The van der Waals surface area contributed by atoms with Gasteiger partial charge in [0.25, 0.3) is 0 Å². The summed E-state index contributed by atoms with van der Waals surface area (Å²) in [5.74, 6) is -0.115. The van der Waals surface area contributed by atoms with Gasteiger partial charge in [-0.3, -0.25) is 9.59 Å². The highest BCUT2D eigenvalue weighted by molar-refractivity contribution is 5.84. The van der Waals surface area contributed by atoms with Gasteiger partial charge in [-0.2, -0.15) is 0 Å². The number of carbonyl (C=O) groups is 2. The number of aliphatic hydroxyl groups is 1. The number of likely N-dealkylation sites (N-methyl/N-ethyl adjacent to an activating group) is 1. The van der Waals surface area contributed by atoms with Crippen LogP contribution in [0, 0.1) is 5.92 Å². The molecule has 0 aromatic heterocycles. The molecule has 0 aromatic carbocycles. The first-order valence-electron chi connectivity index (χ1n) is 6.38. The Bertz CT molecular complexity index is 315. The molecule has 2 rings (SSSR count). The molecule has 2 fully saturated rings. The largest absolute Gasteiger partial charge is 0.383 e. The van der Waals surface area contributed by atoms with Crippen LogP contribution in [-0.4, -0.2) is 47.1 Å². The molecule has 5 heteroatoms. The maximum atomic E-state index is 11.7. The number of hydrogen-bond acceptors (Lipinski definition) is 3. The molecule has 0 radical (unpaired) electrons. The molecule has 2 N–H and O–H groups in total. The molecule has 96 valence electrons. The smallest absolute Gasteiger partial charge is 0.249 e. The van der Waals surface area contributed by atoms with E-state index in [4.69, 9.17) is 0 Å². The van der Waals surface area contributed by atoms with Gasteiger partial charge < -0.3 is 15.3 Å². The summed E-state index contributed by atoms with van der Waals surface area (Å²) >= 11 is 0. The van der Waals surface area contributed by atoms with Crippen molar-refractivity contribution in [2.75, 3.05) is 13.1 Å². The van der Waals surface area contributed by atoms with E-state index in [-0.39, 0.29) is 23.8 Å². The van der Waals surface area contributed by atoms with E-state index in [0.29, 0.717) is 19.5 Å². The van der Waals surface area contributed by atoms with E-state index < -0.39 is 6.10 Å². The van der Waals surface area contributed by atoms with Crippen LogP contribution in [0.1, 0.15) is 32.6 Å². The van der Waals surface area contributed by atoms with Crippen molar-refractivity contribution in [3.8, 4) is 0 Å². The van der Waals surface area contributed by atoms with Gasteiger partial charge in [0.05, 0.1) is 6.04 Å². The second kappa shape index (κ2) is 5.04. The van der Waals surface area contributed by atoms with E-state index in [1.54, 1.807) is 4.90 Å². The van der Waals surface area contributed by atoms with Crippen LogP contribution in [-0.2, 0) is 9.59 Å². The van der Waals surface area contributed by atoms with Crippen molar-refractivity contribution in [2.24, 2.45) is 5.92 Å². The van der Waals surface area contributed by atoms with Gasteiger partial charge in [0.15, 0.2) is 0 Å². The van der Waals surface area contributed by atoms with Crippen LogP contribution < -0.4 is 5.32 Å². The highest BCUT2D eigenvalue weighted by Crippen LogP contribution is 2.29. The van der Waals surface area contributed by atoms with Gasteiger partial charge in [0.1, 0.15) is 6.10 Å². The summed E-state index contributed by atoms with van der Waals surface area (Å²) in [5.41, 5.74) is 0. The average molecular weight is 240 g/mol. The Morgan fingerprint density at radius 2 is 2.29 bits per heavy atom. The number of carbonyl (C=O) groups excluding carboxylic acids is 2. The number of aliphatic hydroxyl groups excluding tert-OH is 1. The summed E-state index contributed by atoms with van der Waals surface area (Å²) in [6, 6.07) is -0.135. The van der Waals surface area contributed by atoms with Gasteiger partial charge in [-0.1, -0.05) is 6.42 Å². The van der Waals surface area contributed by atoms with Gasteiger partial charge in [-0.05, 0) is 25.7 Å². The quantitative estimate of drug-likeness (QED) is 0.720. The minimum absolute atomic E-state index is 0.0796. The summed E-state index contributed by atoms with van der Waals surface area (Å²) in [6.07, 6.45) is 2.42. The van der Waals surface area contributed by atoms with Crippen LogP contribution in [0.4, 0.5) is 0 Å². The fourth-order valence-corrected chi connectivity index (χ4v) is 2.43. The zero-order valence-corrected chi connectivity index (χ0v) is 10.2. The Balaban J connectivity index is 1.81. The van der Waals surface area contributed by atoms with Gasteiger partial charge >= 0.3 is 0 Å². The first kappa shape index (κ1) is 12.4. The Morgan fingerprint density at radius 1 is 1.59 bits per heavy atom. The Morgan fingerprint density at radius 3 is 2.76 bits per heavy atom. The Kier molecular flexibility index (Phi) is 3.66. The molecule has 2 amide bonds. The fraction of sp³-hybridized carbons (Fsp3) is 0.833. The van der Waals surface area contributed by atoms with Gasteiger partial charge in [0, 0.05) is 19.5 Å². The average Bonchev–Trinajstić information content (AvgIpc) is 2.56. The lowest BCUT2D eigenvalue weighted by atomic mass is 9.81. The molecule has 1 heterocycles. The highest BCUT2D eigenvalue weighted by atomic mass is 16.3. The number of likely N-dealkylation sites (tertiary alicyclic amines) is 1. The standard InChI is InChI=1S/C12H20N2O3/c1-2-14-7-9(6-10(14)15)13-12(17)11(16)8-4-3-5-8/h8-9,11,16H,2-7H2,1H3,(H,13,17). The number of amides is 2. The monoisotopic (exact) mass is 240 g/mol. The molecule has 2 atom stereocenters. The molecule has 0 spiro atoms. The Labute approximate surface area is 101 Å². The first-order valence-corrected chi connectivity index (χ1v) is 6.38. The number of nitrogens with one attached hydrogen (secondary N) is 1. The van der Waals surface area contributed by atoms with Crippen molar-refractivity contribution in [1.82, 2.24) is 10.2 Å². The molecule has 1 saturated carbocycles. The SMILES string of the molecule is CCN1CC(NC(=O)C(O)C2CCC2)CC1=O. The topological polar surface area (TPSA) is 69.6 Å². The summed E-state index contributed by atoms with van der Waals surface area (Å²) in [7, 11) is 0. The summed E-state index contributed by atoms with van der Waals surface area (Å²) in [4.78, 5) is 24.9. The number of rotatable bonds is 4. The minimum Gasteiger partial charge on any atom is -0.383 e. The number of hydrogen-bond donors (Lipinski definition) is 2. The van der Waals surface area contributed by atoms with Crippen molar-refractivity contribution in [3.63, 3.8) is 0 Å². The van der Waals surface area contributed by atoms with E-state index in [9.17, 15) is 14.7 Å². The third-order valence-electron chi connectivity index (χ3n) is 3.81. The highest BCUT2D eigenvalue weighted by Gasteiger charge is 2.34. The predicted molar refractivity (Wildman–Crippen MR) is 62.1 cm³/mol. The zero-order chi connectivity index (χ0) is 12.4. The molecule has 1 aliphatic heterocycles. The summed E-state index contributed by atoms with van der Waals surface area (Å²) in [6.45, 7) is 3.17. The van der Waals surface area contributed by atoms with E-state index in [1.165, 1.54) is 0 Å². The summed E-state index contributed by atoms with van der Waals surface area (Å²) < 4.78 is 0. The summed E-state index contributed by atoms with van der Waals surface area (Å²) in [5, 5.41) is 12.5. The molecule has 2 unspecified atom stereocenters. The van der Waals surface area contributed by atoms with Crippen molar-refractivity contribution < 1.29 is 14.7 Å². The molecule has 1 saturated heterocycles. The predicted octanol–water partition coefficient (Wildman–Crippen LogP) is -0.116. The van der Waals surface area contributed by atoms with Crippen LogP contribution >= 0.6 is 0 Å². The fourth-order valence-electron chi connectivity index (χ4n) is 2.43. The van der Waals surface area contributed by atoms with E-state index in [2.05, 4.69) is 5.32 Å². The molecular weight excluding hydrogens is 220 g/mol. The lowest BCUT2D eigenvalue weighted by Gasteiger charge is -2.30.